The van der Waals surface area contributed by atoms with E-state index in [0.29, 0.717) is 0 Å². The van der Waals surface area contributed by atoms with Crippen LogP contribution in [0.15, 0.2) is 39.8 Å². The number of aliphatic imine (C=N–C) groups is 1. The molecular formula is C14H14N2O. The summed E-state index contributed by atoms with van der Waals surface area (Å²) in [6.45, 7) is 2.96. The lowest BCUT2D eigenvalue weighted by atomic mass is 9.94. The van der Waals surface area contributed by atoms with Gasteiger partial charge in [-0.15, -0.1) is 0 Å². The molecule has 86 valence electrons. The predicted octanol–water partition coefficient (Wildman–Crippen LogP) is 2.80. The quantitative estimate of drug-likeness (QED) is 0.789. The van der Waals surface area contributed by atoms with Gasteiger partial charge >= 0.3 is 0 Å². The SMILES string of the molecule is CC(c1ccccc1)c1noc2c1C=NCC2. The van der Waals surface area contributed by atoms with Gasteiger partial charge in [0.1, 0.15) is 5.76 Å². The molecule has 1 aliphatic heterocycles. The average molecular weight is 226 g/mol. The molecule has 2 aromatic rings. The summed E-state index contributed by atoms with van der Waals surface area (Å²) < 4.78 is 5.39. The number of fused-ring (bicyclic) bond motifs is 1. The summed E-state index contributed by atoms with van der Waals surface area (Å²) in [5.74, 6) is 1.21. The van der Waals surface area contributed by atoms with Crippen LogP contribution < -0.4 is 0 Å². The highest BCUT2D eigenvalue weighted by Gasteiger charge is 2.21. The molecule has 17 heavy (non-hydrogen) atoms. The van der Waals surface area contributed by atoms with Crippen molar-refractivity contribution in [2.24, 2.45) is 4.99 Å². The minimum absolute atomic E-state index is 0.244. The van der Waals surface area contributed by atoms with Crippen molar-refractivity contribution in [3.63, 3.8) is 0 Å². The van der Waals surface area contributed by atoms with E-state index in [-0.39, 0.29) is 5.92 Å². The van der Waals surface area contributed by atoms with Crippen LogP contribution in [0.5, 0.6) is 0 Å². The lowest BCUT2D eigenvalue weighted by Gasteiger charge is -2.10. The van der Waals surface area contributed by atoms with Crippen molar-refractivity contribution in [3.8, 4) is 0 Å². The fourth-order valence-corrected chi connectivity index (χ4v) is 2.20. The predicted molar refractivity (Wildman–Crippen MR) is 66.6 cm³/mol. The van der Waals surface area contributed by atoms with Crippen LogP contribution in [0.3, 0.4) is 0 Å². The van der Waals surface area contributed by atoms with Gasteiger partial charge < -0.3 is 4.52 Å². The fourth-order valence-electron chi connectivity index (χ4n) is 2.20. The highest BCUT2D eigenvalue weighted by molar-refractivity contribution is 5.83. The van der Waals surface area contributed by atoms with Gasteiger partial charge in [0.25, 0.3) is 0 Å². The van der Waals surface area contributed by atoms with Crippen LogP contribution in [0.4, 0.5) is 0 Å². The van der Waals surface area contributed by atoms with Crippen LogP contribution in [0, 0.1) is 0 Å². The molecule has 3 nitrogen and oxygen atoms in total. The Kier molecular flexibility index (Phi) is 2.52. The van der Waals surface area contributed by atoms with E-state index in [9.17, 15) is 0 Å². The van der Waals surface area contributed by atoms with E-state index in [2.05, 4.69) is 29.2 Å². The van der Waals surface area contributed by atoms with E-state index >= 15 is 0 Å². The molecule has 0 amide bonds. The molecule has 3 rings (SSSR count). The van der Waals surface area contributed by atoms with Crippen molar-refractivity contribution < 1.29 is 4.52 Å². The maximum absolute atomic E-state index is 5.39. The minimum Gasteiger partial charge on any atom is -0.360 e. The van der Waals surface area contributed by atoms with Crippen LogP contribution in [0.2, 0.25) is 0 Å². The van der Waals surface area contributed by atoms with Gasteiger partial charge in [-0.05, 0) is 5.56 Å². The van der Waals surface area contributed by atoms with Crippen molar-refractivity contribution >= 4 is 6.21 Å². The topological polar surface area (TPSA) is 38.4 Å². The maximum Gasteiger partial charge on any atom is 0.147 e. The molecule has 2 heterocycles. The van der Waals surface area contributed by atoms with Crippen molar-refractivity contribution in [2.75, 3.05) is 6.54 Å². The van der Waals surface area contributed by atoms with Gasteiger partial charge in [-0.3, -0.25) is 4.99 Å². The smallest absolute Gasteiger partial charge is 0.147 e. The lowest BCUT2D eigenvalue weighted by molar-refractivity contribution is 0.376. The summed E-state index contributed by atoms with van der Waals surface area (Å²) in [5.41, 5.74) is 3.32. The molecule has 0 bridgehead atoms. The Labute approximate surface area is 100 Å². The molecule has 1 aliphatic rings. The highest BCUT2D eigenvalue weighted by Crippen LogP contribution is 2.28. The third-order valence-corrected chi connectivity index (χ3v) is 3.23. The van der Waals surface area contributed by atoms with E-state index in [1.165, 1.54) is 5.56 Å². The Bertz CT molecular complexity index is 543. The zero-order valence-electron chi connectivity index (χ0n) is 9.76. The molecule has 1 aromatic carbocycles. The van der Waals surface area contributed by atoms with Gasteiger partial charge in [0.15, 0.2) is 0 Å². The first-order chi connectivity index (χ1) is 8.36. The Balaban J connectivity index is 2.01. The second-order valence-electron chi connectivity index (χ2n) is 4.32. The molecule has 0 spiro atoms. The minimum atomic E-state index is 0.244. The normalized spacial score (nSPS) is 15.6. The van der Waals surface area contributed by atoms with Crippen molar-refractivity contribution in [3.05, 3.63) is 52.9 Å². The van der Waals surface area contributed by atoms with Gasteiger partial charge in [-0.1, -0.05) is 42.4 Å². The molecule has 0 saturated carbocycles. The molecule has 1 atom stereocenters. The third kappa shape index (κ3) is 1.78. The summed E-state index contributed by atoms with van der Waals surface area (Å²) in [7, 11) is 0. The van der Waals surface area contributed by atoms with E-state index in [1.54, 1.807) is 0 Å². The van der Waals surface area contributed by atoms with Crippen molar-refractivity contribution in [1.29, 1.82) is 0 Å². The lowest BCUT2D eigenvalue weighted by Crippen LogP contribution is -2.05. The second-order valence-corrected chi connectivity index (χ2v) is 4.32. The van der Waals surface area contributed by atoms with Crippen LogP contribution in [-0.2, 0) is 6.42 Å². The van der Waals surface area contributed by atoms with Gasteiger partial charge in [0.05, 0.1) is 11.3 Å². The van der Waals surface area contributed by atoms with Crippen LogP contribution in [-0.4, -0.2) is 17.9 Å². The van der Waals surface area contributed by atoms with Gasteiger partial charge in [-0.2, -0.15) is 0 Å². The maximum atomic E-state index is 5.39. The summed E-state index contributed by atoms with van der Waals surface area (Å²) >= 11 is 0. The molecular weight excluding hydrogens is 212 g/mol. The first-order valence-corrected chi connectivity index (χ1v) is 5.89. The number of nitrogens with zero attached hydrogens (tertiary/aromatic N) is 2. The molecule has 3 heteroatoms. The summed E-state index contributed by atoms with van der Waals surface area (Å²) in [5, 5.41) is 4.21. The number of benzene rings is 1. The number of hydrogen-bond acceptors (Lipinski definition) is 3. The third-order valence-electron chi connectivity index (χ3n) is 3.23. The Morgan fingerprint density at radius 2 is 2.06 bits per heavy atom. The molecule has 1 aromatic heterocycles. The molecule has 0 fully saturated rings. The largest absolute Gasteiger partial charge is 0.360 e. The van der Waals surface area contributed by atoms with Crippen molar-refractivity contribution in [1.82, 2.24) is 5.16 Å². The van der Waals surface area contributed by atoms with E-state index in [1.807, 2.05) is 24.4 Å². The zero-order valence-corrected chi connectivity index (χ0v) is 9.76. The molecule has 0 saturated heterocycles. The first kappa shape index (κ1) is 10.3. The Morgan fingerprint density at radius 3 is 2.88 bits per heavy atom. The molecule has 0 aliphatic carbocycles. The summed E-state index contributed by atoms with van der Waals surface area (Å²) in [6.07, 6.45) is 2.75. The van der Waals surface area contributed by atoms with Crippen molar-refractivity contribution in [2.45, 2.75) is 19.3 Å². The van der Waals surface area contributed by atoms with Gasteiger partial charge in [-0.25, -0.2) is 0 Å². The van der Waals surface area contributed by atoms with E-state index in [0.717, 1.165) is 30.0 Å². The van der Waals surface area contributed by atoms with Gasteiger partial charge in [0, 0.05) is 25.1 Å². The fraction of sp³-hybridized carbons (Fsp3) is 0.286. The standard InChI is InChI=1S/C14H14N2O/c1-10(11-5-3-2-4-6-11)14-12-9-15-8-7-13(12)17-16-14/h2-6,9-10H,7-8H2,1H3. The van der Waals surface area contributed by atoms with Crippen LogP contribution in [0.1, 0.15) is 35.4 Å². The second kappa shape index (κ2) is 4.17. The van der Waals surface area contributed by atoms with Gasteiger partial charge in [0.2, 0.25) is 0 Å². The monoisotopic (exact) mass is 226 g/mol. The Hall–Kier alpha value is -1.90. The number of hydrogen-bond donors (Lipinski definition) is 0. The van der Waals surface area contributed by atoms with Crippen LogP contribution in [0.25, 0.3) is 0 Å². The molecule has 0 radical (unpaired) electrons. The highest BCUT2D eigenvalue weighted by atomic mass is 16.5. The summed E-state index contributed by atoms with van der Waals surface area (Å²) in [4.78, 5) is 4.30. The van der Waals surface area contributed by atoms with E-state index < -0.39 is 0 Å². The Morgan fingerprint density at radius 1 is 1.24 bits per heavy atom. The number of aromatic nitrogens is 1. The molecule has 1 unspecified atom stereocenters. The summed E-state index contributed by atoms with van der Waals surface area (Å²) in [6, 6.07) is 10.4. The number of rotatable bonds is 2. The van der Waals surface area contributed by atoms with E-state index in [4.69, 9.17) is 4.52 Å². The zero-order chi connectivity index (χ0) is 11.7. The van der Waals surface area contributed by atoms with Crippen LogP contribution >= 0.6 is 0 Å². The first-order valence-electron chi connectivity index (χ1n) is 5.89. The molecule has 0 N–H and O–H groups in total. The average Bonchev–Trinajstić information content (AvgIpc) is 2.83.